The zero-order valence-corrected chi connectivity index (χ0v) is 10.7. The maximum absolute atomic E-state index is 9.80. The van der Waals surface area contributed by atoms with Crippen LogP contribution in [0.4, 0.5) is 5.69 Å². The molecule has 1 aliphatic rings. The maximum Gasteiger partial charge on any atom is 0.0712 e. The summed E-state index contributed by atoms with van der Waals surface area (Å²) in [5.41, 5.74) is 2.62. The van der Waals surface area contributed by atoms with Crippen LogP contribution in [0.5, 0.6) is 0 Å². The SMILES string of the molecule is CCC(O)CN1CCC(NC)c2ccccc21. The molecule has 1 aromatic rings. The average molecular weight is 234 g/mol. The van der Waals surface area contributed by atoms with Crippen LogP contribution in [0.3, 0.4) is 0 Å². The Hall–Kier alpha value is -1.06. The normalized spacial score (nSPS) is 21.1. The van der Waals surface area contributed by atoms with Crippen LogP contribution in [-0.2, 0) is 0 Å². The average Bonchev–Trinajstić information content (AvgIpc) is 2.39. The molecule has 2 rings (SSSR count). The number of β-amino-alcohol motifs (C(OH)–C–C–N with tert-alkyl or cyclic N) is 1. The summed E-state index contributed by atoms with van der Waals surface area (Å²) in [6, 6.07) is 8.94. The van der Waals surface area contributed by atoms with Gasteiger partial charge in [0, 0.05) is 24.8 Å². The number of nitrogens with one attached hydrogen (secondary N) is 1. The van der Waals surface area contributed by atoms with Crippen LogP contribution >= 0.6 is 0 Å². The summed E-state index contributed by atoms with van der Waals surface area (Å²) in [6.07, 6.45) is 1.69. The lowest BCUT2D eigenvalue weighted by Gasteiger charge is -2.36. The molecule has 2 unspecified atom stereocenters. The molecular weight excluding hydrogens is 212 g/mol. The highest BCUT2D eigenvalue weighted by atomic mass is 16.3. The first-order chi connectivity index (χ1) is 8.26. The van der Waals surface area contributed by atoms with Gasteiger partial charge in [0.15, 0.2) is 0 Å². The van der Waals surface area contributed by atoms with Gasteiger partial charge in [0.05, 0.1) is 6.10 Å². The quantitative estimate of drug-likeness (QED) is 0.835. The number of nitrogens with zero attached hydrogens (tertiary/aromatic N) is 1. The van der Waals surface area contributed by atoms with Crippen LogP contribution in [0.15, 0.2) is 24.3 Å². The van der Waals surface area contributed by atoms with Crippen LogP contribution < -0.4 is 10.2 Å². The van der Waals surface area contributed by atoms with Crippen LogP contribution in [-0.4, -0.2) is 31.3 Å². The molecule has 3 nitrogen and oxygen atoms in total. The minimum Gasteiger partial charge on any atom is -0.391 e. The van der Waals surface area contributed by atoms with Gasteiger partial charge in [-0.15, -0.1) is 0 Å². The van der Waals surface area contributed by atoms with Gasteiger partial charge in [-0.05, 0) is 31.5 Å². The van der Waals surface area contributed by atoms with E-state index in [4.69, 9.17) is 0 Å². The van der Waals surface area contributed by atoms with Crippen molar-refractivity contribution in [1.82, 2.24) is 5.32 Å². The molecule has 1 aromatic carbocycles. The summed E-state index contributed by atoms with van der Waals surface area (Å²) < 4.78 is 0. The molecule has 1 aliphatic heterocycles. The van der Waals surface area contributed by atoms with Crippen molar-refractivity contribution in [2.24, 2.45) is 0 Å². The molecule has 1 heterocycles. The fourth-order valence-corrected chi connectivity index (χ4v) is 2.50. The van der Waals surface area contributed by atoms with Crippen molar-refractivity contribution in [1.29, 1.82) is 0 Å². The van der Waals surface area contributed by atoms with Crippen molar-refractivity contribution in [2.45, 2.75) is 31.9 Å². The number of aliphatic hydroxyl groups excluding tert-OH is 1. The van der Waals surface area contributed by atoms with Crippen molar-refractivity contribution in [3.05, 3.63) is 29.8 Å². The molecule has 0 radical (unpaired) electrons. The van der Waals surface area contributed by atoms with E-state index in [9.17, 15) is 5.11 Å². The van der Waals surface area contributed by atoms with Crippen molar-refractivity contribution in [2.75, 3.05) is 25.0 Å². The van der Waals surface area contributed by atoms with Crippen LogP contribution in [0, 0.1) is 0 Å². The van der Waals surface area contributed by atoms with Crippen molar-refractivity contribution in [3.63, 3.8) is 0 Å². The second-order valence-corrected chi connectivity index (χ2v) is 4.70. The highest BCUT2D eigenvalue weighted by Gasteiger charge is 2.24. The Morgan fingerprint density at radius 2 is 2.24 bits per heavy atom. The largest absolute Gasteiger partial charge is 0.391 e. The molecule has 3 heteroatoms. The van der Waals surface area contributed by atoms with Crippen LogP contribution in [0.25, 0.3) is 0 Å². The molecule has 0 saturated carbocycles. The van der Waals surface area contributed by atoms with Gasteiger partial charge >= 0.3 is 0 Å². The summed E-state index contributed by atoms with van der Waals surface area (Å²) >= 11 is 0. The summed E-state index contributed by atoms with van der Waals surface area (Å²) in [6.45, 7) is 3.78. The van der Waals surface area contributed by atoms with E-state index in [0.717, 1.165) is 25.9 Å². The highest BCUT2D eigenvalue weighted by molar-refractivity contribution is 5.57. The summed E-state index contributed by atoms with van der Waals surface area (Å²) in [7, 11) is 2.01. The minimum atomic E-state index is -0.228. The number of para-hydroxylation sites is 1. The predicted octanol–water partition coefficient (Wildman–Crippen LogP) is 1.93. The monoisotopic (exact) mass is 234 g/mol. The van der Waals surface area contributed by atoms with E-state index in [1.54, 1.807) is 0 Å². The smallest absolute Gasteiger partial charge is 0.0712 e. The Labute approximate surface area is 103 Å². The lowest BCUT2D eigenvalue weighted by atomic mass is 9.96. The highest BCUT2D eigenvalue weighted by Crippen LogP contribution is 2.33. The number of hydrogen-bond donors (Lipinski definition) is 2. The standard InChI is InChI=1S/C14H22N2O/c1-3-11(17)10-16-9-8-13(15-2)12-6-4-5-7-14(12)16/h4-7,11,13,15,17H,3,8-10H2,1-2H3. The van der Waals surface area contributed by atoms with Gasteiger partial charge in [0.25, 0.3) is 0 Å². The molecule has 0 spiro atoms. The van der Waals surface area contributed by atoms with E-state index in [0.29, 0.717) is 6.04 Å². The molecule has 0 aliphatic carbocycles. The zero-order chi connectivity index (χ0) is 12.3. The number of aliphatic hydroxyl groups is 1. The van der Waals surface area contributed by atoms with Gasteiger partial charge in [0.2, 0.25) is 0 Å². The first-order valence-corrected chi connectivity index (χ1v) is 6.45. The Bertz CT molecular complexity index is 367. The first-order valence-electron chi connectivity index (χ1n) is 6.45. The maximum atomic E-state index is 9.80. The Morgan fingerprint density at radius 3 is 2.94 bits per heavy atom. The third-order valence-electron chi connectivity index (χ3n) is 3.59. The summed E-state index contributed by atoms with van der Waals surface area (Å²) in [4.78, 5) is 2.30. The van der Waals surface area contributed by atoms with E-state index < -0.39 is 0 Å². The number of hydrogen-bond acceptors (Lipinski definition) is 3. The summed E-state index contributed by atoms with van der Waals surface area (Å²) in [5, 5.41) is 13.2. The molecule has 0 amide bonds. The Kier molecular flexibility index (Phi) is 4.02. The van der Waals surface area contributed by atoms with E-state index in [1.165, 1.54) is 11.3 Å². The lowest BCUT2D eigenvalue weighted by molar-refractivity contribution is 0.174. The molecule has 17 heavy (non-hydrogen) atoms. The lowest BCUT2D eigenvalue weighted by Crippen LogP contribution is -2.39. The van der Waals surface area contributed by atoms with E-state index in [1.807, 2.05) is 14.0 Å². The first kappa shape index (κ1) is 12.4. The van der Waals surface area contributed by atoms with Crippen molar-refractivity contribution in [3.8, 4) is 0 Å². The molecule has 0 bridgehead atoms. The van der Waals surface area contributed by atoms with E-state index >= 15 is 0 Å². The number of rotatable bonds is 4. The summed E-state index contributed by atoms with van der Waals surface area (Å²) in [5.74, 6) is 0. The predicted molar refractivity (Wildman–Crippen MR) is 71.4 cm³/mol. The molecule has 0 aromatic heterocycles. The van der Waals surface area contributed by atoms with E-state index in [-0.39, 0.29) is 6.10 Å². The van der Waals surface area contributed by atoms with Gasteiger partial charge in [-0.25, -0.2) is 0 Å². The van der Waals surface area contributed by atoms with Gasteiger partial charge < -0.3 is 15.3 Å². The Balaban J connectivity index is 2.22. The molecule has 2 N–H and O–H groups in total. The number of benzene rings is 1. The third kappa shape index (κ3) is 2.61. The van der Waals surface area contributed by atoms with Gasteiger partial charge in [-0.3, -0.25) is 0 Å². The Morgan fingerprint density at radius 1 is 1.47 bits per heavy atom. The zero-order valence-electron chi connectivity index (χ0n) is 10.7. The van der Waals surface area contributed by atoms with E-state index in [2.05, 4.69) is 34.5 Å². The number of fused-ring (bicyclic) bond motifs is 1. The van der Waals surface area contributed by atoms with Crippen molar-refractivity contribution < 1.29 is 5.11 Å². The molecule has 94 valence electrons. The fraction of sp³-hybridized carbons (Fsp3) is 0.571. The van der Waals surface area contributed by atoms with Crippen LogP contribution in [0.2, 0.25) is 0 Å². The number of anilines is 1. The second-order valence-electron chi connectivity index (χ2n) is 4.70. The van der Waals surface area contributed by atoms with Crippen LogP contribution in [0.1, 0.15) is 31.4 Å². The topological polar surface area (TPSA) is 35.5 Å². The minimum absolute atomic E-state index is 0.228. The second kappa shape index (κ2) is 5.52. The fourth-order valence-electron chi connectivity index (χ4n) is 2.50. The molecule has 0 fully saturated rings. The van der Waals surface area contributed by atoms with Gasteiger partial charge in [-0.1, -0.05) is 25.1 Å². The molecular formula is C14H22N2O. The van der Waals surface area contributed by atoms with Crippen molar-refractivity contribution >= 4 is 5.69 Å². The molecule has 0 saturated heterocycles. The molecule has 2 atom stereocenters. The van der Waals surface area contributed by atoms with Gasteiger partial charge in [-0.2, -0.15) is 0 Å². The van der Waals surface area contributed by atoms with Gasteiger partial charge in [0.1, 0.15) is 0 Å². The third-order valence-corrected chi connectivity index (χ3v) is 3.59.